The molecule has 1 aromatic rings. The maximum atomic E-state index is 12.5. The van der Waals surface area contributed by atoms with E-state index in [1.807, 2.05) is 11.0 Å². The number of halogens is 2. The molecule has 1 heterocycles. The highest BCUT2D eigenvalue weighted by atomic mass is 79.9. The molecular formula is C12H16Br2N2OS2. The largest absolute Gasteiger partial charge is 0.393 e. The number of nitrogens with zero attached hydrogens (tertiary/aromatic N) is 1. The maximum Gasteiger partial charge on any atom is 0.255 e. The van der Waals surface area contributed by atoms with Crippen molar-refractivity contribution < 1.29 is 4.79 Å². The van der Waals surface area contributed by atoms with Gasteiger partial charge < -0.3 is 10.6 Å². The van der Waals surface area contributed by atoms with E-state index < -0.39 is 0 Å². The van der Waals surface area contributed by atoms with Crippen LogP contribution < -0.4 is 5.73 Å². The van der Waals surface area contributed by atoms with E-state index in [0.717, 1.165) is 7.57 Å². The molecule has 0 saturated heterocycles. The lowest BCUT2D eigenvalue weighted by Crippen LogP contribution is -2.36. The molecule has 0 aromatic carbocycles. The summed E-state index contributed by atoms with van der Waals surface area (Å²) in [5, 5.41) is 0. The van der Waals surface area contributed by atoms with Gasteiger partial charge in [0.25, 0.3) is 5.91 Å². The molecule has 19 heavy (non-hydrogen) atoms. The Hall–Kier alpha value is 0.0200. The van der Waals surface area contributed by atoms with E-state index in [1.54, 1.807) is 0 Å². The summed E-state index contributed by atoms with van der Waals surface area (Å²) in [4.78, 5) is 14.8. The van der Waals surface area contributed by atoms with Crippen molar-refractivity contribution in [3.63, 3.8) is 0 Å². The van der Waals surface area contributed by atoms with Gasteiger partial charge in [-0.25, -0.2) is 0 Å². The van der Waals surface area contributed by atoms with Crippen LogP contribution in [0.25, 0.3) is 0 Å². The fourth-order valence-electron chi connectivity index (χ4n) is 1.62. The molecule has 0 aliphatic heterocycles. The van der Waals surface area contributed by atoms with Crippen LogP contribution in [-0.4, -0.2) is 28.9 Å². The zero-order chi connectivity index (χ0) is 14.6. The lowest BCUT2D eigenvalue weighted by Gasteiger charge is -2.24. The fraction of sp³-hybridized carbons (Fsp3) is 0.500. The van der Waals surface area contributed by atoms with Crippen LogP contribution in [0.3, 0.4) is 0 Å². The number of hydrogen-bond donors (Lipinski definition) is 1. The first-order chi connectivity index (χ1) is 8.81. The van der Waals surface area contributed by atoms with Crippen LogP contribution in [0, 0.1) is 5.92 Å². The lowest BCUT2D eigenvalue weighted by atomic mass is 10.2. The van der Waals surface area contributed by atoms with E-state index >= 15 is 0 Å². The molecule has 1 rings (SSSR count). The van der Waals surface area contributed by atoms with Gasteiger partial charge >= 0.3 is 0 Å². The molecule has 0 atom stereocenters. The van der Waals surface area contributed by atoms with Crippen LogP contribution in [-0.2, 0) is 0 Å². The van der Waals surface area contributed by atoms with Crippen molar-refractivity contribution in [1.29, 1.82) is 0 Å². The molecular weight excluding hydrogens is 412 g/mol. The van der Waals surface area contributed by atoms with Gasteiger partial charge in [-0.15, -0.1) is 11.3 Å². The van der Waals surface area contributed by atoms with Crippen LogP contribution in [0.5, 0.6) is 0 Å². The molecule has 3 nitrogen and oxygen atoms in total. The molecule has 0 radical (unpaired) electrons. The third-order valence-electron chi connectivity index (χ3n) is 2.39. The van der Waals surface area contributed by atoms with E-state index in [1.165, 1.54) is 11.3 Å². The summed E-state index contributed by atoms with van der Waals surface area (Å²) >= 11 is 13.2. The van der Waals surface area contributed by atoms with Crippen LogP contribution in [0.2, 0.25) is 0 Å². The number of carbonyl (C=O) groups is 1. The molecule has 1 amide bonds. The third kappa shape index (κ3) is 5.49. The smallest absolute Gasteiger partial charge is 0.255 e. The summed E-state index contributed by atoms with van der Waals surface area (Å²) < 4.78 is 1.77. The van der Waals surface area contributed by atoms with E-state index in [4.69, 9.17) is 18.0 Å². The topological polar surface area (TPSA) is 46.3 Å². The zero-order valence-corrected chi connectivity index (χ0v) is 15.6. The molecule has 0 aliphatic carbocycles. The number of carbonyl (C=O) groups excluding carboxylic acids is 1. The van der Waals surface area contributed by atoms with E-state index in [2.05, 4.69) is 45.7 Å². The van der Waals surface area contributed by atoms with Crippen molar-refractivity contribution in [2.45, 2.75) is 20.3 Å². The second-order valence-electron chi connectivity index (χ2n) is 4.60. The van der Waals surface area contributed by atoms with Crippen molar-refractivity contribution >= 4 is 66.3 Å². The monoisotopic (exact) mass is 426 g/mol. The molecule has 0 unspecified atom stereocenters. The highest BCUT2D eigenvalue weighted by Crippen LogP contribution is 2.32. The molecule has 0 bridgehead atoms. The van der Waals surface area contributed by atoms with Crippen LogP contribution in [0.4, 0.5) is 0 Å². The third-order valence-corrected chi connectivity index (χ3v) is 4.93. The van der Waals surface area contributed by atoms with Crippen LogP contribution in [0.1, 0.15) is 30.6 Å². The fourth-order valence-corrected chi connectivity index (χ4v) is 4.49. The van der Waals surface area contributed by atoms with Gasteiger partial charge in [0.2, 0.25) is 0 Å². The lowest BCUT2D eigenvalue weighted by molar-refractivity contribution is 0.0741. The highest BCUT2D eigenvalue weighted by Gasteiger charge is 2.21. The molecule has 1 aromatic heterocycles. The van der Waals surface area contributed by atoms with Gasteiger partial charge in [0.1, 0.15) is 0 Å². The van der Waals surface area contributed by atoms with Crippen molar-refractivity contribution in [3.05, 3.63) is 19.2 Å². The molecule has 0 fully saturated rings. The van der Waals surface area contributed by atoms with Gasteiger partial charge in [0, 0.05) is 19.5 Å². The minimum absolute atomic E-state index is 0.0128. The van der Waals surface area contributed by atoms with Crippen molar-refractivity contribution in [1.82, 2.24) is 4.90 Å². The predicted octanol–water partition coefficient (Wildman–Crippen LogP) is 4.05. The Morgan fingerprint density at radius 2 is 2.16 bits per heavy atom. The number of hydrogen-bond acceptors (Lipinski definition) is 3. The van der Waals surface area contributed by atoms with Crippen molar-refractivity contribution in [2.75, 3.05) is 13.1 Å². The van der Waals surface area contributed by atoms with Gasteiger partial charge in [0.05, 0.1) is 18.1 Å². The minimum atomic E-state index is 0.0128. The van der Waals surface area contributed by atoms with Crippen LogP contribution >= 0.6 is 55.4 Å². The van der Waals surface area contributed by atoms with E-state index in [0.29, 0.717) is 36.0 Å². The number of thiocarbonyl (C=S) groups is 1. The van der Waals surface area contributed by atoms with Crippen LogP contribution in [0.15, 0.2) is 13.6 Å². The average molecular weight is 428 g/mol. The van der Waals surface area contributed by atoms with Crippen molar-refractivity contribution in [3.8, 4) is 0 Å². The Bertz CT molecular complexity index is 474. The first-order valence-electron chi connectivity index (χ1n) is 5.83. The Balaban J connectivity index is 2.86. The molecule has 0 aliphatic rings. The van der Waals surface area contributed by atoms with Gasteiger partial charge in [-0.2, -0.15) is 0 Å². The Morgan fingerprint density at radius 1 is 1.53 bits per heavy atom. The Morgan fingerprint density at radius 3 is 2.58 bits per heavy atom. The maximum absolute atomic E-state index is 12.5. The number of thiophene rings is 1. The standard InChI is InChI=1S/C12H16Br2N2OS2/c1-7(2)6-16(4-3-10(15)18)12(17)8-5-9(13)19-11(8)14/h5,7H,3-4,6H2,1-2H3,(H2,15,18). The Kier molecular flexibility index (Phi) is 6.93. The predicted molar refractivity (Wildman–Crippen MR) is 91.9 cm³/mol. The molecule has 106 valence electrons. The number of rotatable bonds is 6. The van der Waals surface area contributed by atoms with Crippen molar-refractivity contribution in [2.24, 2.45) is 11.7 Å². The SMILES string of the molecule is CC(C)CN(CCC(N)=S)C(=O)c1cc(Br)sc1Br. The normalized spacial score (nSPS) is 10.8. The summed E-state index contributed by atoms with van der Waals surface area (Å²) in [5.74, 6) is 0.412. The molecule has 2 N–H and O–H groups in total. The first kappa shape index (κ1) is 17.1. The average Bonchev–Trinajstić information content (AvgIpc) is 2.62. The van der Waals surface area contributed by atoms with Gasteiger partial charge in [-0.05, 0) is 43.8 Å². The summed E-state index contributed by atoms with van der Waals surface area (Å²) in [6, 6.07) is 1.84. The summed E-state index contributed by atoms with van der Waals surface area (Å²) in [5.41, 5.74) is 6.20. The van der Waals surface area contributed by atoms with Gasteiger partial charge in [-0.3, -0.25) is 4.79 Å². The summed E-state index contributed by atoms with van der Waals surface area (Å²) in [6.07, 6.45) is 0.552. The molecule has 0 saturated carbocycles. The quantitative estimate of drug-likeness (QED) is 0.696. The summed E-state index contributed by atoms with van der Waals surface area (Å²) in [6.45, 7) is 5.42. The molecule has 7 heteroatoms. The highest BCUT2D eigenvalue weighted by molar-refractivity contribution is 9.12. The second kappa shape index (κ2) is 7.71. The minimum Gasteiger partial charge on any atom is -0.393 e. The zero-order valence-electron chi connectivity index (χ0n) is 10.8. The van der Waals surface area contributed by atoms with Gasteiger partial charge in [-0.1, -0.05) is 26.1 Å². The summed E-state index contributed by atoms with van der Waals surface area (Å²) in [7, 11) is 0. The molecule has 0 spiro atoms. The second-order valence-corrected chi connectivity index (χ2v) is 8.87. The Labute approximate surface area is 139 Å². The van der Waals surface area contributed by atoms with Gasteiger partial charge in [0.15, 0.2) is 0 Å². The van der Waals surface area contributed by atoms with E-state index in [9.17, 15) is 4.79 Å². The number of nitrogens with two attached hydrogens (primary N) is 1. The van der Waals surface area contributed by atoms with E-state index in [-0.39, 0.29) is 5.91 Å². The number of amides is 1. The first-order valence-corrected chi connectivity index (χ1v) is 8.64.